The summed E-state index contributed by atoms with van der Waals surface area (Å²) >= 11 is 5.57. The Morgan fingerprint density at radius 2 is 1.88 bits per heavy atom. The molecule has 1 aromatic carbocycles. The third kappa shape index (κ3) is 4.23. The van der Waals surface area contributed by atoms with E-state index < -0.39 is 0 Å². The van der Waals surface area contributed by atoms with Gasteiger partial charge in [-0.15, -0.1) is 11.6 Å². The zero-order valence-electron chi connectivity index (χ0n) is 9.54. The van der Waals surface area contributed by atoms with Gasteiger partial charge in [0.2, 0.25) is 0 Å². The first-order valence-electron chi connectivity index (χ1n) is 5.51. The number of rotatable bonds is 7. The Kier molecular flexibility index (Phi) is 5.94. The molecule has 0 saturated carbocycles. The van der Waals surface area contributed by atoms with Crippen molar-refractivity contribution in [1.29, 1.82) is 0 Å². The Hall–Kier alpha value is -1.02. The molecule has 2 nitrogen and oxygen atoms in total. The molecule has 0 aliphatic rings. The molecule has 0 spiro atoms. The monoisotopic (exact) mass is 240 g/mol. The number of Topliss-reactive ketones (excluding diaryl/α,β-unsaturated/α-hetero) is 1. The lowest BCUT2D eigenvalue weighted by Gasteiger charge is -2.02. The summed E-state index contributed by atoms with van der Waals surface area (Å²) in [7, 11) is 1.61. The van der Waals surface area contributed by atoms with Gasteiger partial charge in [-0.2, -0.15) is 0 Å². The highest BCUT2D eigenvalue weighted by Gasteiger charge is 2.05. The Morgan fingerprint density at radius 1 is 1.19 bits per heavy atom. The van der Waals surface area contributed by atoms with Crippen LogP contribution in [0, 0.1) is 0 Å². The second kappa shape index (κ2) is 7.29. The number of hydrogen-bond acceptors (Lipinski definition) is 2. The van der Waals surface area contributed by atoms with Gasteiger partial charge < -0.3 is 4.74 Å². The number of carbonyl (C=O) groups is 1. The number of benzene rings is 1. The average molecular weight is 241 g/mol. The van der Waals surface area contributed by atoms with Crippen LogP contribution in [0.5, 0.6) is 5.75 Å². The van der Waals surface area contributed by atoms with Crippen LogP contribution in [-0.4, -0.2) is 18.8 Å². The number of carbonyl (C=O) groups excluding carboxylic acids is 1. The van der Waals surface area contributed by atoms with E-state index in [0.717, 1.165) is 30.6 Å². The van der Waals surface area contributed by atoms with Crippen LogP contribution < -0.4 is 4.74 Å². The van der Waals surface area contributed by atoms with E-state index in [-0.39, 0.29) is 5.78 Å². The van der Waals surface area contributed by atoms with Crippen molar-refractivity contribution in [3.05, 3.63) is 29.8 Å². The van der Waals surface area contributed by atoms with Crippen LogP contribution in [0.4, 0.5) is 0 Å². The lowest BCUT2D eigenvalue weighted by atomic mass is 10.0. The molecular weight excluding hydrogens is 224 g/mol. The summed E-state index contributed by atoms with van der Waals surface area (Å²) in [6, 6.07) is 7.24. The maximum atomic E-state index is 11.7. The summed E-state index contributed by atoms with van der Waals surface area (Å²) in [5, 5.41) is 0. The predicted octanol–water partition coefficient (Wildman–Crippen LogP) is 3.68. The molecular formula is C13H17ClO2. The Labute approximate surface area is 102 Å². The quantitative estimate of drug-likeness (QED) is 0.413. The van der Waals surface area contributed by atoms with Crippen molar-refractivity contribution in [1.82, 2.24) is 0 Å². The number of hydrogen-bond donors (Lipinski definition) is 0. The summed E-state index contributed by atoms with van der Waals surface area (Å²) in [6.45, 7) is 0. The van der Waals surface area contributed by atoms with Crippen LogP contribution in [0.2, 0.25) is 0 Å². The summed E-state index contributed by atoms with van der Waals surface area (Å²) in [5.41, 5.74) is 0.756. The van der Waals surface area contributed by atoms with E-state index in [1.54, 1.807) is 7.11 Å². The molecule has 0 unspecified atom stereocenters. The van der Waals surface area contributed by atoms with Gasteiger partial charge in [0, 0.05) is 17.9 Å². The van der Waals surface area contributed by atoms with Gasteiger partial charge in [-0.05, 0) is 37.1 Å². The average Bonchev–Trinajstić information content (AvgIpc) is 2.34. The normalized spacial score (nSPS) is 10.1. The van der Waals surface area contributed by atoms with Crippen molar-refractivity contribution >= 4 is 17.4 Å². The van der Waals surface area contributed by atoms with Crippen molar-refractivity contribution in [2.75, 3.05) is 13.0 Å². The molecule has 0 bridgehead atoms. The van der Waals surface area contributed by atoms with Crippen LogP contribution in [0.1, 0.15) is 36.0 Å². The molecule has 0 saturated heterocycles. The molecule has 0 atom stereocenters. The first kappa shape index (κ1) is 13.0. The summed E-state index contributed by atoms with van der Waals surface area (Å²) in [4.78, 5) is 11.7. The first-order valence-corrected chi connectivity index (χ1v) is 6.04. The Balaban J connectivity index is 2.40. The maximum Gasteiger partial charge on any atom is 0.162 e. The lowest BCUT2D eigenvalue weighted by Crippen LogP contribution is -1.98. The third-order valence-corrected chi connectivity index (χ3v) is 2.72. The molecule has 0 fully saturated rings. The van der Waals surface area contributed by atoms with Crippen LogP contribution in [0.3, 0.4) is 0 Å². The minimum Gasteiger partial charge on any atom is -0.497 e. The minimum atomic E-state index is 0.192. The molecule has 1 rings (SSSR count). The summed E-state index contributed by atoms with van der Waals surface area (Å²) < 4.78 is 5.04. The largest absolute Gasteiger partial charge is 0.497 e. The molecule has 1 aromatic rings. The van der Waals surface area contributed by atoms with Gasteiger partial charge in [0.05, 0.1) is 7.11 Å². The molecule has 0 N–H and O–H groups in total. The van der Waals surface area contributed by atoms with Gasteiger partial charge in [-0.3, -0.25) is 4.79 Å². The van der Waals surface area contributed by atoms with Crippen molar-refractivity contribution in [3.8, 4) is 5.75 Å². The highest BCUT2D eigenvalue weighted by atomic mass is 35.5. The zero-order valence-corrected chi connectivity index (χ0v) is 10.3. The van der Waals surface area contributed by atoms with Gasteiger partial charge in [0.15, 0.2) is 5.78 Å². The van der Waals surface area contributed by atoms with Crippen LogP contribution >= 0.6 is 11.6 Å². The summed E-state index contributed by atoms with van der Waals surface area (Å²) in [5.74, 6) is 1.65. The minimum absolute atomic E-state index is 0.192. The first-order chi connectivity index (χ1) is 7.77. The van der Waals surface area contributed by atoms with Crippen molar-refractivity contribution in [2.45, 2.75) is 25.7 Å². The molecule has 0 aliphatic carbocycles. The van der Waals surface area contributed by atoms with E-state index in [9.17, 15) is 4.79 Å². The molecule has 0 aliphatic heterocycles. The van der Waals surface area contributed by atoms with Gasteiger partial charge in [0.1, 0.15) is 5.75 Å². The van der Waals surface area contributed by atoms with Crippen LogP contribution in [-0.2, 0) is 0 Å². The SMILES string of the molecule is COc1ccc(C(=O)CCCCCCl)cc1. The molecule has 0 aromatic heterocycles. The van der Waals surface area contributed by atoms with Gasteiger partial charge in [-0.1, -0.05) is 6.42 Å². The summed E-state index contributed by atoms with van der Waals surface area (Å²) in [6.07, 6.45) is 3.52. The highest BCUT2D eigenvalue weighted by molar-refractivity contribution is 6.17. The lowest BCUT2D eigenvalue weighted by molar-refractivity contribution is 0.0979. The van der Waals surface area contributed by atoms with E-state index in [1.807, 2.05) is 24.3 Å². The predicted molar refractivity (Wildman–Crippen MR) is 66.5 cm³/mol. The highest BCUT2D eigenvalue weighted by Crippen LogP contribution is 2.14. The van der Waals surface area contributed by atoms with E-state index in [4.69, 9.17) is 16.3 Å². The molecule has 88 valence electrons. The zero-order chi connectivity index (χ0) is 11.8. The second-order valence-corrected chi connectivity index (χ2v) is 4.03. The fourth-order valence-electron chi connectivity index (χ4n) is 1.48. The standard InChI is InChI=1S/C13H17ClO2/c1-16-12-8-6-11(7-9-12)13(15)5-3-2-4-10-14/h6-9H,2-5,10H2,1H3. The Morgan fingerprint density at radius 3 is 2.44 bits per heavy atom. The smallest absolute Gasteiger partial charge is 0.162 e. The molecule has 16 heavy (non-hydrogen) atoms. The van der Waals surface area contributed by atoms with Crippen LogP contribution in [0.15, 0.2) is 24.3 Å². The number of methoxy groups -OCH3 is 1. The van der Waals surface area contributed by atoms with E-state index >= 15 is 0 Å². The van der Waals surface area contributed by atoms with Crippen molar-refractivity contribution < 1.29 is 9.53 Å². The number of ether oxygens (including phenoxy) is 1. The van der Waals surface area contributed by atoms with Crippen molar-refractivity contribution in [2.24, 2.45) is 0 Å². The van der Waals surface area contributed by atoms with Gasteiger partial charge in [-0.25, -0.2) is 0 Å². The Bertz CT molecular complexity index is 319. The topological polar surface area (TPSA) is 26.3 Å². The van der Waals surface area contributed by atoms with Gasteiger partial charge in [0.25, 0.3) is 0 Å². The van der Waals surface area contributed by atoms with Crippen molar-refractivity contribution in [3.63, 3.8) is 0 Å². The fraction of sp³-hybridized carbons (Fsp3) is 0.462. The number of ketones is 1. The van der Waals surface area contributed by atoms with E-state index in [1.165, 1.54) is 0 Å². The fourth-order valence-corrected chi connectivity index (χ4v) is 1.67. The number of halogens is 1. The molecule has 3 heteroatoms. The molecule has 0 heterocycles. The number of alkyl halides is 1. The molecule has 0 amide bonds. The maximum absolute atomic E-state index is 11.7. The van der Waals surface area contributed by atoms with E-state index in [0.29, 0.717) is 12.3 Å². The second-order valence-electron chi connectivity index (χ2n) is 3.65. The van der Waals surface area contributed by atoms with E-state index in [2.05, 4.69) is 0 Å². The van der Waals surface area contributed by atoms with Crippen LogP contribution in [0.25, 0.3) is 0 Å². The third-order valence-electron chi connectivity index (χ3n) is 2.45. The van der Waals surface area contributed by atoms with Gasteiger partial charge >= 0.3 is 0 Å². The number of unbranched alkanes of at least 4 members (excludes halogenated alkanes) is 2. The molecule has 0 radical (unpaired) electrons.